The summed E-state index contributed by atoms with van der Waals surface area (Å²) in [5.41, 5.74) is 0. The molecule has 1 N–H and O–H groups in total. The molecular weight excluding hydrogens is 458 g/mol. The molecular formula is C24H37N3O6S. The van der Waals surface area contributed by atoms with Gasteiger partial charge in [-0.25, -0.2) is 0 Å². The number of rotatable bonds is 11. The third-order valence-electron chi connectivity index (χ3n) is 7.60. The van der Waals surface area contributed by atoms with Gasteiger partial charge in [-0.15, -0.1) is 18.3 Å². The van der Waals surface area contributed by atoms with E-state index in [2.05, 4.69) is 11.5 Å². The first kappa shape index (κ1) is 25.5. The number of morpholine rings is 1. The lowest BCUT2D eigenvalue weighted by Crippen LogP contribution is -2.56. The average Bonchev–Trinajstić information content (AvgIpc) is 3.48. The van der Waals surface area contributed by atoms with Crippen LogP contribution in [0.1, 0.15) is 26.2 Å². The molecule has 10 heteroatoms. The summed E-state index contributed by atoms with van der Waals surface area (Å²) < 4.78 is 10.2. The summed E-state index contributed by atoms with van der Waals surface area (Å²) in [6, 6.07) is -0.643. The number of hydrogen-bond donors (Lipinski definition) is 1. The lowest BCUT2D eigenvalue weighted by atomic mass is 9.71. The lowest BCUT2D eigenvalue weighted by molar-refractivity contribution is -0.153. The van der Waals surface area contributed by atoms with Crippen molar-refractivity contribution in [1.29, 1.82) is 0 Å². The monoisotopic (exact) mass is 495 g/mol. The van der Waals surface area contributed by atoms with E-state index in [1.165, 1.54) is 0 Å². The van der Waals surface area contributed by atoms with Crippen LogP contribution < -0.4 is 0 Å². The highest BCUT2D eigenvalue weighted by Crippen LogP contribution is 2.66. The maximum Gasteiger partial charge on any atom is 0.310 e. The Morgan fingerprint density at radius 3 is 2.79 bits per heavy atom. The van der Waals surface area contributed by atoms with E-state index in [0.717, 1.165) is 32.5 Å². The van der Waals surface area contributed by atoms with Crippen molar-refractivity contribution >= 4 is 29.5 Å². The number of amides is 2. The Balaban J connectivity index is 1.60. The molecule has 4 rings (SSSR count). The van der Waals surface area contributed by atoms with Gasteiger partial charge in [0.2, 0.25) is 11.8 Å². The Kier molecular flexibility index (Phi) is 8.22. The fraction of sp³-hybridized carbons (Fsp3) is 0.792. The second-order valence-electron chi connectivity index (χ2n) is 9.44. The molecule has 5 atom stereocenters. The van der Waals surface area contributed by atoms with Crippen molar-refractivity contribution in [1.82, 2.24) is 14.7 Å². The van der Waals surface area contributed by atoms with Gasteiger partial charge < -0.3 is 24.4 Å². The number of hydrogen-bond acceptors (Lipinski definition) is 8. The van der Waals surface area contributed by atoms with Gasteiger partial charge in [-0.3, -0.25) is 19.3 Å². The maximum absolute atomic E-state index is 14.1. The van der Waals surface area contributed by atoms with E-state index in [1.807, 2.05) is 0 Å². The fourth-order valence-electron chi connectivity index (χ4n) is 6.13. The molecule has 0 aliphatic carbocycles. The van der Waals surface area contributed by atoms with Crippen molar-refractivity contribution in [3.63, 3.8) is 0 Å². The summed E-state index contributed by atoms with van der Waals surface area (Å²) >= 11 is 1.64. The highest BCUT2D eigenvalue weighted by Gasteiger charge is 2.74. The quantitative estimate of drug-likeness (QED) is 0.324. The number of carbonyl (C=O) groups excluding carboxylic acids is 3. The van der Waals surface area contributed by atoms with Gasteiger partial charge in [0.05, 0.1) is 36.4 Å². The number of nitrogens with zero attached hydrogens (tertiary/aromatic N) is 3. The zero-order valence-corrected chi connectivity index (χ0v) is 20.8. The van der Waals surface area contributed by atoms with Crippen molar-refractivity contribution < 1.29 is 29.0 Å². The highest BCUT2D eigenvalue weighted by molar-refractivity contribution is 8.02. The zero-order valence-electron chi connectivity index (χ0n) is 20.0. The number of fused-ring (bicyclic) bond motifs is 1. The fourth-order valence-corrected chi connectivity index (χ4v) is 8.33. The molecule has 4 saturated heterocycles. The van der Waals surface area contributed by atoms with E-state index in [0.29, 0.717) is 39.3 Å². The molecule has 190 valence electrons. The van der Waals surface area contributed by atoms with Crippen LogP contribution >= 0.6 is 11.8 Å². The molecule has 1 spiro atoms. The molecule has 9 nitrogen and oxygen atoms in total. The smallest absolute Gasteiger partial charge is 0.310 e. The van der Waals surface area contributed by atoms with Gasteiger partial charge in [-0.05, 0) is 26.2 Å². The summed E-state index contributed by atoms with van der Waals surface area (Å²) in [7, 11) is 0. The minimum Gasteiger partial charge on any atom is -0.466 e. The predicted molar refractivity (Wildman–Crippen MR) is 128 cm³/mol. The molecule has 0 radical (unpaired) electrons. The van der Waals surface area contributed by atoms with Crippen LogP contribution in [-0.2, 0) is 23.9 Å². The summed E-state index contributed by atoms with van der Waals surface area (Å²) in [6.07, 6.45) is 3.64. The summed E-state index contributed by atoms with van der Waals surface area (Å²) in [5, 5.41) is 9.46. The van der Waals surface area contributed by atoms with Gasteiger partial charge >= 0.3 is 5.97 Å². The van der Waals surface area contributed by atoms with Crippen molar-refractivity contribution in [3.05, 3.63) is 12.7 Å². The van der Waals surface area contributed by atoms with Gasteiger partial charge in [0.25, 0.3) is 0 Å². The van der Waals surface area contributed by atoms with Crippen LogP contribution in [0.2, 0.25) is 0 Å². The van der Waals surface area contributed by atoms with E-state index in [-0.39, 0.29) is 36.2 Å². The minimum absolute atomic E-state index is 0.00416. The van der Waals surface area contributed by atoms with Crippen LogP contribution in [0, 0.1) is 11.8 Å². The number of ether oxygens (including phenoxy) is 2. The third-order valence-corrected chi connectivity index (χ3v) is 9.55. The largest absolute Gasteiger partial charge is 0.466 e. The maximum atomic E-state index is 14.1. The Bertz CT molecular complexity index is 791. The molecule has 4 heterocycles. The average molecular weight is 496 g/mol. The normalized spacial score (nSPS) is 32.6. The molecule has 34 heavy (non-hydrogen) atoms. The molecule has 4 aliphatic heterocycles. The van der Waals surface area contributed by atoms with Crippen molar-refractivity contribution in [3.8, 4) is 0 Å². The molecule has 0 aromatic heterocycles. The molecule has 2 amide bonds. The molecule has 0 aromatic carbocycles. The molecule has 2 bridgehead atoms. The molecule has 0 aromatic rings. The Morgan fingerprint density at radius 2 is 2.12 bits per heavy atom. The topological polar surface area (TPSA) is 99.6 Å². The summed E-state index contributed by atoms with van der Waals surface area (Å²) in [6.45, 7) is 10.9. The third kappa shape index (κ3) is 4.50. The first-order valence-corrected chi connectivity index (χ1v) is 13.3. The Labute approximate surface area is 205 Å². The van der Waals surface area contributed by atoms with Crippen LogP contribution in [0.3, 0.4) is 0 Å². The van der Waals surface area contributed by atoms with E-state index in [4.69, 9.17) is 9.47 Å². The number of aliphatic hydroxyl groups excluding tert-OH is 1. The van der Waals surface area contributed by atoms with Crippen molar-refractivity contribution in [2.45, 2.75) is 42.2 Å². The molecule has 2 unspecified atom stereocenters. The van der Waals surface area contributed by atoms with Crippen molar-refractivity contribution in [2.24, 2.45) is 11.8 Å². The predicted octanol–water partition coefficient (Wildman–Crippen LogP) is 0.370. The molecule has 4 aliphatic rings. The second kappa shape index (κ2) is 11.0. The van der Waals surface area contributed by atoms with Gasteiger partial charge in [-0.2, -0.15) is 0 Å². The molecule has 0 saturated carbocycles. The van der Waals surface area contributed by atoms with Crippen LogP contribution in [0.25, 0.3) is 0 Å². The van der Waals surface area contributed by atoms with E-state index < -0.39 is 22.6 Å². The number of likely N-dealkylation sites (tertiary alicyclic amines) is 1. The Morgan fingerprint density at radius 1 is 1.35 bits per heavy atom. The van der Waals surface area contributed by atoms with Crippen LogP contribution in [0.4, 0.5) is 0 Å². The number of esters is 1. The van der Waals surface area contributed by atoms with Crippen LogP contribution in [0.15, 0.2) is 12.7 Å². The first-order valence-electron chi connectivity index (χ1n) is 12.4. The minimum atomic E-state index is -0.643. The van der Waals surface area contributed by atoms with E-state index >= 15 is 0 Å². The Hall–Kier alpha value is -1.62. The van der Waals surface area contributed by atoms with E-state index in [9.17, 15) is 19.5 Å². The number of aliphatic hydroxyl groups is 1. The zero-order chi connectivity index (χ0) is 24.3. The summed E-state index contributed by atoms with van der Waals surface area (Å²) in [4.78, 5) is 46.4. The molecule has 4 fully saturated rings. The van der Waals surface area contributed by atoms with E-state index in [1.54, 1.807) is 34.6 Å². The number of carbonyl (C=O) groups is 3. The first-order chi connectivity index (χ1) is 16.5. The lowest BCUT2D eigenvalue weighted by Gasteiger charge is -2.38. The summed E-state index contributed by atoms with van der Waals surface area (Å²) in [5.74, 6) is -1.62. The van der Waals surface area contributed by atoms with Crippen LogP contribution in [0.5, 0.6) is 0 Å². The van der Waals surface area contributed by atoms with Gasteiger partial charge in [0, 0.05) is 51.1 Å². The van der Waals surface area contributed by atoms with Crippen LogP contribution in [-0.4, -0.2) is 119 Å². The number of thioether (sulfide) groups is 1. The van der Waals surface area contributed by atoms with Gasteiger partial charge in [0.15, 0.2) is 0 Å². The van der Waals surface area contributed by atoms with Gasteiger partial charge in [-0.1, -0.05) is 6.08 Å². The standard InChI is InChI=1S/C24H37N3O6S/c1-3-8-26(11-10-25-12-15-32-16-13-25)22(30)20-24-7-6-17(34-24)18(23(31)33-4-2)19(24)21(29)27(20)9-5-14-28/h3,17-20,28H,1,4-16H2,2H3/t17-,18+,19-,20?,24?/m0/s1. The SMILES string of the molecule is C=CCN(CCN1CCOCC1)C(=O)C1N(CCCO)C(=O)[C@@H]2[C@H](C(=O)OCC)[C@@H]3CCC12S3. The second-order valence-corrected chi connectivity index (χ2v) is 11.0. The van der Waals surface area contributed by atoms with Gasteiger partial charge in [0.1, 0.15) is 6.04 Å². The van der Waals surface area contributed by atoms with Crippen molar-refractivity contribution in [2.75, 3.05) is 65.7 Å². The highest BCUT2D eigenvalue weighted by atomic mass is 32.2.